The third-order valence-electron chi connectivity index (χ3n) is 3.82. The minimum absolute atomic E-state index is 0.230. The number of aromatic nitrogens is 1. The summed E-state index contributed by atoms with van der Waals surface area (Å²) in [6.45, 7) is 4.75. The summed E-state index contributed by atoms with van der Waals surface area (Å²) in [5.41, 5.74) is 3.89. The molecule has 0 aliphatic rings. The number of benzene rings is 1. The standard InChI is InChI=1S/C20H26N4O2/c1-3-5-6-7-8-12-19-23-18(14-21)20(26-19)24-22-15-16-10-9-11-17(13-16)25-4-2/h9-11,13,15,24H,3-8,12H2,1-2H3/b22-15-. The van der Waals surface area contributed by atoms with E-state index in [0.717, 1.165) is 30.6 Å². The van der Waals surface area contributed by atoms with Crippen LogP contribution in [0.3, 0.4) is 0 Å². The lowest BCUT2D eigenvalue weighted by Crippen LogP contribution is -1.94. The fourth-order valence-electron chi connectivity index (χ4n) is 2.52. The van der Waals surface area contributed by atoms with E-state index in [-0.39, 0.29) is 11.6 Å². The number of nitrogens with one attached hydrogen (secondary N) is 1. The van der Waals surface area contributed by atoms with Crippen molar-refractivity contribution in [3.05, 3.63) is 41.4 Å². The fourth-order valence-corrected chi connectivity index (χ4v) is 2.52. The molecule has 6 nitrogen and oxygen atoms in total. The number of hydrogen-bond acceptors (Lipinski definition) is 6. The summed E-state index contributed by atoms with van der Waals surface area (Å²) in [6.07, 6.45) is 8.24. The van der Waals surface area contributed by atoms with Crippen molar-refractivity contribution in [1.29, 1.82) is 5.26 Å². The number of aryl methyl sites for hydroxylation is 1. The van der Waals surface area contributed by atoms with Gasteiger partial charge in [-0.25, -0.2) is 10.4 Å². The maximum absolute atomic E-state index is 9.20. The highest BCUT2D eigenvalue weighted by molar-refractivity contribution is 5.80. The van der Waals surface area contributed by atoms with E-state index in [4.69, 9.17) is 9.15 Å². The monoisotopic (exact) mass is 354 g/mol. The van der Waals surface area contributed by atoms with Gasteiger partial charge in [-0.2, -0.15) is 10.4 Å². The van der Waals surface area contributed by atoms with Crippen LogP contribution in [0.4, 0.5) is 5.88 Å². The Labute approximate surface area is 154 Å². The van der Waals surface area contributed by atoms with Crippen LogP contribution >= 0.6 is 0 Å². The lowest BCUT2D eigenvalue weighted by molar-refractivity contribution is 0.340. The number of nitrogens with zero attached hydrogens (tertiary/aromatic N) is 3. The Bertz CT molecular complexity index is 747. The predicted molar refractivity (Wildman–Crippen MR) is 103 cm³/mol. The Hall–Kier alpha value is -2.81. The van der Waals surface area contributed by atoms with Gasteiger partial charge < -0.3 is 9.15 Å². The third kappa shape index (κ3) is 6.25. The Morgan fingerprint density at radius 1 is 1.27 bits per heavy atom. The molecule has 0 aliphatic carbocycles. The largest absolute Gasteiger partial charge is 0.494 e. The van der Waals surface area contributed by atoms with Crippen LogP contribution in [0.2, 0.25) is 0 Å². The van der Waals surface area contributed by atoms with Gasteiger partial charge in [0.2, 0.25) is 5.69 Å². The van der Waals surface area contributed by atoms with Gasteiger partial charge in [-0.05, 0) is 31.0 Å². The molecule has 0 saturated heterocycles. The number of nitriles is 1. The van der Waals surface area contributed by atoms with Gasteiger partial charge in [0.15, 0.2) is 5.89 Å². The van der Waals surface area contributed by atoms with Crippen LogP contribution < -0.4 is 10.2 Å². The number of unbranched alkanes of at least 4 members (excludes halogenated alkanes) is 4. The summed E-state index contributed by atoms with van der Waals surface area (Å²) in [5.74, 6) is 1.65. The predicted octanol–water partition coefficient (Wildman–Crippen LogP) is 4.90. The second kappa shape index (κ2) is 10.9. The normalized spacial score (nSPS) is 10.8. The van der Waals surface area contributed by atoms with E-state index in [0.29, 0.717) is 12.5 Å². The molecule has 0 atom stereocenters. The number of rotatable bonds is 11. The van der Waals surface area contributed by atoms with Crippen LogP contribution in [0.1, 0.15) is 63.1 Å². The Morgan fingerprint density at radius 3 is 2.88 bits per heavy atom. The van der Waals surface area contributed by atoms with Crippen LogP contribution in [0.5, 0.6) is 5.75 Å². The second-order valence-corrected chi connectivity index (χ2v) is 5.94. The Morgan fingerprint density at radius 2 is 2.12 bits per heavy atom. The highest BCUT2D eigenvalue weighted by Crippen LogP contribution is 2.19. The number of hydrogen-bond donors (Lipinski definition) is 1. The molecule has 0 unspecified atom stereocenters. The molecule has 2 aromatic rings. The molecule has 1 N–H and O–H groups in total. The van der Waals surface area contributed by atoms with E-state index in [1.54, 1.807) is 6.21 Å². The van der Waals surface area contributed by atoms with E-state index in [2.05, 4.69) is 22.4 Å². The Kier molecular flexibility index (Phi) is 8.20. The molecule has 0 amide bonds. The summed E-state index contributed by atoms with van der Waals surface area (Å²) in [7, 11) is 0. The quantitative estimate of drug-likeness (QED) is 0.352. The molecule has 6 heteroatoms. The first-order valence-electron chi connectivity index (χ1n) is 9.18. The highest BCUT2D eigenvalue weighted by atomic mass is 16.5. The van der Waals surface area contributed by atoms with Crippen LogP contribution in [0.15, 0.2) is 33.8 Å². The van der Waals surface area contributed by atoms with E-state index >= 15 is 0 Å². The van der Waals surface area contributed by atoms with Gasteiger partial charge in [0, 0.05) is 6.42 Å². The van der Waals surface area contributed by atoms with Gasteiger partial charge in [-0.15, -0.1) is 0 Å². The first kappa shape index (κ1) is 19.5. The van der Waals surface area contributed by atoms with Gasteiger partial charge in [-0.3, -0.25) is 0 Å². The number of hydrazone groups is 1. The summed E-state index contributed by atoms with van der Waals surface area (Å²) in [5, 5.41) is 13.3. The van der Waals surface area contributed by atoms with E-state index in [1.807, 2.05) is 37.3 Å². The summed E-state index contributed by atoms with van der Waals surface area (Å²) in [4.78, 5) is 4.23. The molecule has 0 aliphatic heterocycles. The summed E-state index contributed by atoms with van der Waals surface area (Å²) < 4.78 is 11.1. The maximum atomic E-state index is 9.20. The van der Waals surface area contributed by atoms with Crippen LogP contribution in [-0.4, -0.2) is 17.8 Å². The van der Waals surface area contributed by atoms with Crippen molar-refractivity contribution in [2.45, 2.75) is 52.4 Å². The van der Waals surface area contributed by atoms with Crippen molar-refractivity contribution >= 4 is 12.1 Å². The first-order chi connectivity index (χ1) is 12.8. The number of anilines is 1. The minimum Gasteiger partial charge on any atom is -0.494 e. The third-order valence-corrected chi connectivity index (χ3v) is 3.82. The lowest BCUT2D eigenvalue weighted by atomic mass is 10.1. The second-order valence-electron chi connectivity index (χ2n) is 5.94. The van der Waals surface area contributed by atoms with Crippen LogP contribution in [-0.2, 0) is 6.42 Å². The SMILES string of the molecule is CCCCCCCc1nc(C#N)c(N/N=C\c2cccc(OCC)c2)o1. The van der Waals surface area contributed by atoms with Crippen molar-refractivity contribution in [1.82, 2.24) is 4.98 Å². The van der Waals surface area contributed by atoms with E-state index < -0.39 is 0 Å². The van der Waals surface area contributed by atoms with Gasteiger partial charge >= 0.3 is 0 Å². The van der Waals surface area contributed by atoms with Crippen molar-refractivity contribution in [3.8, 4) is 11.8 Å². The number of oxazole rings is 1. The van der Waals surface area contributed by atoms with Crippen LogP contribution in [0, 0.1) is 11.3 Å². The topological polar surface area (TPSA) is 83.4 Å². The van der Waals surface area contributed by atoms with Gasteiger partial charge in [0.25, 0.3) is 5.88 Å². The molecule has 0 spiro atoms. The molecule has 0 radical (unpaired) electrons. The molecule has 26 heavy (non-hydrogen) atoms. The van der Waals surface area contributed by atoms with Gasteiger partial charge in [0.05, 0.1) is 12.8 Å². The summed E-state index contributed by atoms with van der Waals surface area (Å²) >= 11 is 0. The zero-order valence-corrected chi connectivity index (χ0v) is 15.5. The van der Waals surface area contributed by atoms with Crippen molar-refractivity contribution < 1.29 is 9.15 Å². The molecule has 138 valence electrons. The van der Waals surface area contributed by atoms with Crippen LogP contribution in [0.25, 0.3) is 0 Å². The minimum atomic E-state index is 0.230. The molecule has 1 aromatic carbocycles. The molecule has 0 saturated carbocycles. The summed E-state index contributed by atoms with van der Waals surface area (Å²) in [6, 6.07) is 9.64. The number of ether oxygens (including phenoxy) is 1. The lowest BCUT2D eigenvalue weighted by Gasteiger charge is -2.02. The molecule has 0 fully saturated rings. The van der Waals surface area contributed by atoms with E-state index in [9.17, 15) is 5.26 Å². The molecular formula is C20H26N4O2. The van der Waals surface area contributed by atoms with Gasteiger partial charge in [-0.1, -0.05) is 44.7 Å². The molecule has 2 rings (SSSR count). The highest BCUT2D eigenvalue weighted by Gasteiger charge is 2.12. The van der Waals surface area contributed by atoms with Gasteiger partial charge in [0.1, 0.15) is 11.8 Å². The fraction of sp³-hybridized carbons (Fsp3) is 0.450. The van der Waals surface area contributed by atoms with Crippen molar-refractivity contribution in [3.63, 3.8) is 0 Å². The molecule has 0 bridgehead atoms. The maximum Gasteiger partial charge on any atom is 0.252 e. The van der Waals surface area contributed by atoms with E-state index in [1.165, 1.54) is 19.3 Å². The zero-order valence-electron chi connectivity index (χ0n) is 15.5. The van der Waals surface area contributed by atoms with Crippen molar-refractivity contribution in [2.24, 2.45) is 5.10 Å². The first-order valence-corrected chi connectivity index (χ1v) is 9.18. The zero-order chi connectivity index (χ0) is 18.6. The molecule has 1 aromatic heterocycles. The average molecular weight is 354 g/mol. The Balaban J connectivity index is 1.92. The van der Waals surface area contributed by atoms with Crippen molar-refractivity contribution in [2.75, 3.05) is 12.0 Å². The average Bonchev–Trinajstić information content (AvgIpc) is 3.04. The smallest absolute Gasteiger partial charge is 0.252 e. The molecular weight excluding hydrogens is 328 g/mol. The molecule has 1 heterocycles.